The highest BCUT2D eigenvalue weighted by Gasteiger charge is 2.54. The van der Waals surface area contributed by atoms with E-state index >= 15 is 0 Å². The number of benzene rings is 2. The summed E-state index contributed by atoms with van der Waals surface area (Å²) < 4.78 is 0. The summed E-state index contributed by atoms with van der Waals surface area (Å²) in [5.41, 5.74) is 4.28. The fourth-order valence-corrected chi connectivity index (χ4v) is 7.03. The van der Waals surface area contributed by atoms with Gasteiger partial charge in [0, 0.05) is 12.3 Å². The average Bonchev–Trinajstić information content (AvgIpc) is 3.17. The molecule has 3 aromatic rings. The van der Waals surface area contributed by atoms with Crippen LogP contribution in [0.25, 0.3) is 10.9 Å². The first kappa shape index (κ1) is 24.6. The summed E-state index contributed by atoms with van der Waals surface area (Å²) in [5, 5.41) is 33.2. The zero-order chi connectivity index (χ0) is 25.4. The number of nitrogens with zero attached hydrogens (tertiary/aromatic N) is 1. The first-order valence-corrected chi connectivity index (χ1v) is 13.1. The van der Waals surface area contributed by atoms with Crippen LogP contribution in [0.15, 0.2) is 48.5 Å². The van der Waals surface area contributed by atoms with E-state index in [0.29, 0.717) is 29.6 Å². The molecule has 0 radical (unpaired) electrons. The summed E-state index contributed by atoms with van der Waals surface area (Å²) in [6.07, 6.45) is 6.78. The number of phenolic OH excluding ortho intramolecular Hbond substituents is 2. The molecule has 1 amide bonds. The number of aromatic hydroxyl groups is 2. The average molecular weight is 489 g/mol. The Hall–Kier alpha value is -3.12. The number of amides is 1. The van der Waals surface area contributed by atoms with Crippen molar-refractivity contribution < 1.29 is 20.1 Å². The molecule has 2 aromatic carbocycles. The second-order valence-corrected chi connectivity index (χ2v) is 11.0. The van der Waals surface area contributed by atoms with Gasteiger partial charge in [-0.15, -0.1) is 0 Å². The molecule has 0 unspecified atom stereocenters. The third-order valence-corrected chi connectivity index (χ3v) is 8.94. The number of hydrogen-bond donors (Lipinski definition) is 4. The zero-order valence-electron chi connectivity index (χ0n) is 21.1. The highest BCUT2D eigenvalue weighted by Crippen LogP contribution is 2.60. The highest BCUT2D eigenvalue weighted by atomic mass is 16.3. The summed E-state index contributed by atoms with van der Waals surface area (Å²) in [5.74, 6) is 2.55. The minimum absolute atomic E-state index is 0.0883. The molecule has 4 N–H and O–H groups in total. The van der Waals surface area contributed by atoms with Gasteiger partial charge in [0.15, 0.2) is 0 Å². The van der Waals surface area contributed by atoms with Crippen LogP contribution in [-0.4, -0.2) is 32.3 Å². The molecule has 3 aliphatic rings. The molecule has 0 aliphatic heterocycles. The number of aryl methyl sites for hydroxylation is 1. The van der Waals surface area contributed by atoms with E-state index in [1.807, 2.05) is 30.3 Å². The lowest BCUT2D eigenvalue weighted by Gasteiger charge is -2.50. The van der Waals surface area contributed by atoms with Crippen molar-refractivity contribution in [2.24, 2.45) is 17.3 Å². The van der Waals surface area contributed by atoms with Crippen molar-refractivity contribution in [2.45, 2.75) is 70.9 Å². The Morgan fingerprint density at radius 2 is 1.92 bits per heavy atom. The van der Waals surface area contributed by atoms with Crippen LogP contribution in [-0.2, 0) is 17.8 Å². The van der Waals surface area contributed by atoms with E-state index in [1.165, 1.54) is 37.3 Å². The summed E-state index contributed by atoms with van der Waals surface area (Å²) in [4.78, 5) is 15.0. The van der Waals surface area contributed by atoms with E-state index in [2.05, 4.69) is 23.3 Å². The van der Waals surface area contributed by atoms with Gasteiger partial charge in [-0.25, -0.2) is 4.98 Å². The number of para-hydroxylation sites is 1. The third kappa shape index (κ3) is 4.55. The van der Waals surface area contributed by atoms with Gasteiger partial charge in [-0.05, 0) is 97.1 Å². The fraction of sp³-hybridized carbons (Fsp3) is 0.467. The van der Waals surface area contributed by atoms with Crippen molar-refractivity contribution >= 4 is 16.8 Å². The monoisotopic (exact) mass is 488 g/mol. The number of aliphatic hydroxyl groups excluding tert-OH is 1. The predicted molar refractivity (Wildman–Crippen MR) is 140 cm³/mol. The minimum Gasteiger partial charge on any atom is -0.508 e. The molecule has 5 atom stereocenters. The van der Waals surface area contributed by atoms with Gasteiger partial charge in [0.2, 0.25) is 5.91 Å². The van der Waals surface area contributed by atoms with Crippen molar-refractivity contribution in [2.75, 3.05) is 0 Å². The number of rotatable bonds is 2. The first-order chi connectivity index (χ1) is 17.3. The Morgan fingerprint density at radius 3 is 2.72 bits per heavy atom. The summed E-state index contributed by atoms with van der Waals surface area (Å²) in [6, 6.07) is 14.9. The fourth-order valence-electron chi connectivity index (χ4n) is 7.03. The number of nitrogens with one attached hydrogen (secondary N) is 1. The predicted octanol–water partition coefficient (Wildman–Crippen LogP) is 5.19. The molecule has 6 nitrogen and oxygen atoms in total. The van der Waals surface area contributed by atoms with Crippen molar-refractivity contribution in [3.8, 4) is 11.5 Å². The number of carbonyl (C=O) groups is 1. The number of phenols is 2. The van der Waals surface area contributed by atoms with Crippen molar-refractivity contribution in [3.63, 3.8) is 0 Å². The molecule has 0 saturated heterocycles. The Balaban J connectivity index is 0.000000152. The maximum absolute atomic E-state index is 10.8. The Bertz CT molecular complexity index is 1280. The molecule has 2 saturated carbocycles. The third-order valence-electron chi connectivity index (χ3n) is 8.94. The van der Waals surface area contributed by atoms with Gasteiger partial charge in [0.05, 0.1) is 18.3 Å². The molecule has 1 aromatic heterocycles. The molecule has 3 aliphatic carbocycles. The van der Waals surface area contributed by atoms with E-state index in [9.17, 15) is 20.1 Å². The number of aromatic nitrogens is 1. The lowest BCUT2D eigenvalue weighted by molar-refractivity contribution is -0.119. The molecule has 190 valence electrons. The molecule has 6 rings (SSSR count). The van der Waals surface area contributed by atoms with Gasteiger partial charge in [0.25, 0.3) is 0 Å². The topological polar surface area (TPSA) is 103 Å². The summed E-state index contributed by atoms with van der Waals surface area (Å²) in [6.45, 7) is 4.15. The lowest BCUT2D eigenvalue weighted by Crippen LogP contribution is -2.43. The quantitative estimate of drug-likeness (QED) is 0.398. The Labute approximate surface area is 212 Å². The van der Waals surface area contributed by atoms with Gasteiger partial charge < -0.3 is 20.6 Å². The normalized spacial score (nSPS) is 28.3. The zero-order valence-corrected chi connectivity index (χ0v) is 21.1. The van der Waals surface area contributed by atoms with E-state index in [1.54, 1.807) is 12.1 Å². The van der Waals surface area contributed by atoms with Crippen LogP contribution in [0.5, 0.6) is 11.5 Å². The van der Waals surface area contributed by atoms with Crippen LogP contribution in [0.2, 0.25) is 0 Å². The maximum atomic E-state index is 10.8. The van der Waals surface area contributed by atoms with Crippen LogP contribution in [0.3, 0.4) is 0 Å². The van der Waals surface area contributed by atoms with Gasteiger partial charge in [0.1, 0.15) is 17.0 Å². The number of aliphatic hydroxyl groups is 1. The highest BCUT2D eigenvalue weighted by molar-refractivity contribution is 5.84. The standard InChI is InChI=1S/C18H24O2.C12H12N2O2/c1-18-9-8-14-13-5-3-12(19)10-11(13)2-4-15(14)16(18)6-7-17(18)20;1-8(15)13-7-10-6-5-9-3-2-4-11(16)12(9)14-10/h3,5,10,14-17,19-20H,2,4,6-9H2,1H3;2-6,16H,7H2,1H3,(H,13,15)/t14-,15-,16+,17+,18+;/m1./s1. The summed E-state index contributed by atoms with van der Waals surface area (Å²) in [7, 11) is 0. The van der Waals surface area contributed by atoms with Crippen LogP contribution in [0.1, 0.15) is 68.7 Å². The van der Waals surface area contributed by atoms with Gasteiger partial charge in [-0.1, -0.05) is 31.2 Å². The Kier molecular flexibility index (Phi) is 6.64. The second kappa shape index (κ2) is 9.74. The van der Waals surface area contributed by atoms with E-state index in [4.69, 9.17) is 0 Å². The van der Waals surface area contributed by atoms with Gasteiger partial charge >= 0.3 is 0 Å². The molecule has 2 fully saturated rings. The van der Waals surface area contributed by atoms with Crippen molar-refractivity contribution in [1.29, 1.82) is 0 Å². The largest absolute Gasteiger partial charge is 0.508 e. The maximum Gasteiger partial charge on any atom is 0.217 e. The Morgan fingerprint density at radius 1 is 1.08 bits per heavy atom. The molecule has 1 heterocycles. The van der Waals surface area contributed by atoms with Crippen LogP contribution in [0.4, 0.5) is 0 Å². The summed E-state index contributed by atoms with van der Waals surface area (Å²) >= 11 is 0. The number of carbonyl (C=O) groups excluding carboxylic acids is 1. The lowest BCUT2D eigenvalue weighted by atomic mass is 9.55. The van der Waals surface area contributed by atoms with Gasteiger partial charge in [-0.3, -0.25) is 4.79 Å². The molecule has 0 spiro atoms. The molecule has 0 bridgehead atoms. The van der Waals surface area contributed by atoms with Crippen LogP contribution < -0.4 is 5.32 Å². The second-order valence-electron chi connectivity index (χ2n) is 11.0. The van der Waals surface area contributed by atoms with Crippen LogP contribution in [0, 0.1) is 17.3 Å². The molecule has 36 heavy (non-hydrogen) atoms. The molecular weight excluding hydrogens is 452 g/mol. The van der Waals surface area contributed by atoms with E-state index in [0.717, 1.165) is 36.3 Å². The van der Waals surface area contributed by atoms with Crippen molar-refractivity contribution in [1.82, 2.24) is 10.3 Å². The minimum atomic E-state index is -0.0980. The number of fused-ring (bicyclic) bond motifs is 6. The van der Waals surface area contributed by atoms with Crippen LogP contribution >= 0.6 is 0 Å². The van der Waals surface area contributed by atoms with E-state index < -0.39 is 0 Å². The molecular formula is C30H36N2O4. The first-order valence-electron chi connectivity index (χ1n) is 13.1. The SMILES string of the molecule is CC(=O)NCc1ccc2cccc(O)c2n1.C[C@]12CC[C@@H]3c4ccc(O)cc4CC[C@H]3[C@@H]1CC[C@@H]2O. The number of hydrogen-bond acceptors (Lipinski definition) is 5. The molecule has 6 heteroatoms. The smallest absolute Gasteiger partial charge is 0.217 e. The van der Waals surface area contributed by atoms with Gasteiger partial charge in [-0.2, -0.15) is 0 Å². The van der Waals surface area contributed by atoms with E-state index in [-0.39, 0.29) is 23.2 Å². The number of pyridine rings is 1. The van der Waals surface area contributed by atoms with Crippen molar-refractivity contribution in [3.05, 3.63) is 65.4 Å².